The molecule has 2 heterocycles. The highest BCUT2D eigenvalue weighted by molar-refractivity contribution is 6.38. The molecule has 5 aromatic carbocycles. The van der Waals surface area contributed by atoms with Gasteiger partial charge in [0, 0.05) is 72.7 Å². The Balaban J connectivity index is 1.21. The first-order valence-electron chi connectivity index (χ1n) is 29.9. The van der Waals surface area contributed by atoms with E-state index in [9.17, 15) is 48.3 Å². The number of ether oxygens (including phenoxy) is 5. The lowest BCUT2D eigenvalue weighted by Crippen LogP contribution is -2.60. The van der Waals surface area contributed by atoms with Crippen molar-refractivity contribution < 1.29 is 71.9 Å². The van der Waals surface area contributed by atoms with Gasteiger partial charge in [0.05, 0.1) is 26.2 Å². The van der Waals surface area contributed by atoms with E-state index < -0.39 is 109 Å². The van der Waals surface area contributed by atoms with Gasteiger partial charge in [-0.05, 0) is 104 Å². The maximum Gasteiger partial charge on any atom is 0.330 e. The summed E-state index contributed by atoms with van der Waals surface area (Å²) in [6.45, 7) is 1.81. The van der Waals surface area contributed by atoms with Crippen molar-refractivity contribution in [2.24, 2.45) is 5.41 Å². The van der Waals surface area contributed by atoms with E-state index >= 15 is 0 Å². The van der Waals surface area contributed by atoms with Crippen molar-refractivity contribution in [1.29, 1.82) is 0 Å². The molecule has 478 valence electrons. The minimum Gasteiger partial charge on any atom is -0.508 e. The number of hydrogen-bond acceptors (Lipinski definition) is 16. The number of likely N-dealkylation sites (N-methyl/N-ethyl adjacent to an activating group) is 3. The summed E-state index contributed by atoms with van der Waals surface area (Å²) in [5.41, 5.74) is 1.76. The molecule has 2 aliphatic rings. The predicted molar refractivity (Wildman–Crippen MR) is 333 cm³/mol. The van der Waals surface area contributed by atoms with E-state index in [0.29, 0.717) is 47.5 Å². The van der Waals surface area contributed by atoms with E-state index in [1.165, 1.54) is 75.1 Å². The number of fused-ring (bicyclic) bond motifs is 3. The third kappa shape index (κ3) is 19.2. The van der Waals surface area contributed by atoms with Gasteiger partial charge in [-0.25, -0.2) is 9.59 Å². The quantitative estimate of drug-likeness (QED) is 0.103. The van der Waals surface area contributed by atoms with Crippen LogP contribution in [0.15, 0.2) is 140 Å². The van der Waals surface area contributed by atoms with Crippen molar-refractivity contribution in [2.45, 2.75) is 89.1 Å². The van der Waals surface area contributed by atoms with E-state index in [1.807, 2.05) is 36.4 Å². The van der Waals surface area contributed by atoms with E-state index in [1.54, 1.807) is 92.0 Å². The Bertz CT molecular complexity index is 3340. The first-order chi connectivity index (χ1) is 43.1. The predicted octanol–water partition coefficient (Wildman–Crippen LogP) is 4.74. The summed E-state index contributed by atoms with van der Waals surface area (Å²) < 4.78 is 28.9. The minimum atomic E-state index is -1.51. The van der Waals surface area contributed by atoms with Gasteiger partial charge in [0.15, 0.2) is 18.1 Å². The summed E-state index contributed by atoms with van der Waals surface area (Å²) in [6.07, 6.45) is 3.09. The number of aryl methyl sites for hydroxylation is 1. The molecule has 90 heavy (non-hydrogen) atoms. The number of phenols is 1. The fourth-order valence-electron chi connectivity index (χ4n) is 10.4. The number of Topliss-reactive ketones (excluding diaryl/α,β-unsaturated/α-hetero) is 1. The van der Waals surface area contributed by atoms with Gasteiger partial charge in [0.1, 0.15) is 48.4 Å². The van der Waals surface area contributed by atoms with E-state index in [-0.39, 0.29) is 63.4 Å². The summed E-state index contributed by atoms with van der Waals surface area (Å²) in [7, 11) is 7.46. The van der Waals surface area contributed by atoms with Crippen LogP contribution in [0.4, 0.5) is 0 Å². The molecule has 2 aliphatic heterocycles. The van der Waals surface area contributed by atoms with Crippen LogP contribution in [0, 0.1) is 5.41 Å². The highest BCUT2D eigenvalue weighted by Gasteiger charge is 2.43. The monoisotopic (exact) mass is 1240 g/mol. The van der Waals surface area contributed by atoms with Crippen LogP contribution >= 0.6 is 0 Å². The lowest BCUT2D eigenvalue weighted by Gasteiger charge is -2.36. The number of carbonyl (C=O) groups excluding carboxylic acids is 9. The molecule has 0 spiro atoms. The van der Waals surface area contributed by atoms with Gasteiger partial charge in [-0.2, -0.15) is 0 Å². The zero-order valence-corrected chi connectivity index (χ0v) is 52.0. The number of phenolic OH excluding ortho intramolecular Hbond substituents is 1. The number of esters is 2. The van der Waals surface area contributed by atoms with Gasteiger partial charge >= 0.3 is 11.9 Å². The zero-order valence-electron chi connectivity index (χ0n) is 52.0. The van der Waals surface area contributed by atoms with Gasteiger partial charge in [-0.15, -0.1) is 0 Å². The van der Waals surface area contributed by atoms with E-state index in [4.69, 9.17) is 23.7 Å². The second-order valence-electron chi connectivity index (χ2n) is 23.0. The molecule has 2 bridgehead atoms. The standard InChI is InChI=1S/C68H81N7O15/c1-68(2)44-89-61(79)24-15-10-16-34-72(3)64(82)52(36-45-18-11-8-12-19-45)70-59(77)42-73(4)65(83)53(37-46-20-13-9-14-21-46)71-63(81)54(38-47-25-29-50(76)30-26-47)74(5)60(78)43-88-51-23-17-22-49(40-51)56(31-27-48-28-32-57(86-6)58(39-48)87-7)90-67(85)55-41-69-33-35-75(55)66(84)62(68)80/h8-9,11-15,17-26,28-30,32,39-40,52-56,69,76H,10,16,27,31,33-38,41-44H2,1-7H3,(H,70,77)(H,71,81)/b24-15+/t52-,53-,54+,55+,56-/m1/s1. The van der Waals surface area contributed by atoms with Crippen LogP contribution in [-0.2, 0) is 78.3 Å². The highest BCUT2D eigenvalue weighted by atomic mass is 16.5. The Labute approximate surface area is 524 Å². The number of allylic oxidation sites excluding steroid dienone is 1. The third-order valence-electron chi connectivity index (χ3n) is 15.7. The Morgan fingerprint density at radius 2 is 1.30 bits per heavy atom. The van der Waals surface area contributed by atoms with Gasteiger partial charge < -0.3 is 64.3 Å². The number of benzene rings is 5. The van der Waals surface area contributed by atoms with E-state index in [2.05, 4.69) is 16.0 Å². The Morgan fingerprint density at radius 3 is 1.97 bits per heavy atom. The van der Waals surface area contributed by atoms with Crippen LogP contribution in [0.1, 0.15) is 67.0 Å². The summed E-state index contributed by atoms with van der Waals surface area (Å²) >= 11 is 0. The summed E-state index contributed by atoms with van der Waals surface area (Å²) in [6, 6.07) is 31.3. The van der Waals surface area contributed by atoms with Crippen LogP contribution in [0.3, 0.4) is 0 Å². The molecular formula is C68H81N7O15. The second-order valence-corrected chi connectivity index (χ2v) is 23.0. The molecule has 0 saturated carbocycles. The van der Waals surface area contributed by atoms with Crippen LogP contribution < -0.4 is 30.2 Å². The number of ketones is 1. The molecule has 0 aromatic heterocycles. The molecule has 22 nitrogen and oxygen atoms in total. The molecule has 4 N–H and O–H groups in total. The number of carbonyl (C=O) groups is 9. The van der Waals surface area contributed by atoms with Crippen molar-refractivity contribution >= 4 is 53.2 Å². The van der Waals surface area contributed by atoms with Gasteiger partial charge in [-0.1, -0.05) is 97.1 Å². The van der Waals surface area contributed by atoms with Crippen molar-refractivity contribution in [3.8, 4) is 23.0 Å². The molecule has 7 rings (SSSR count). The summed E-state index contributed by atoms with van der Waals surface area (Å²) in [5.74, 6) is -5.34. The van der Waals surface area contributed by atoms with Gasteiger partial charge in [0.25, 0.3) is 11.8 Å². The second kappa shape index (κ2) is 32.6. The number of methoxy groups -OCH3 is 2. The average molecular weight is 1240 g/mol. The van der Waals surface area contributed by atoms with Crippen molar-refractivity contribution in [2.75, 3.05) is 81.3 Å². The minimum absolute atomic E-state index is 0.00687. The van der Waals surface area contributed by atoms with Crippen LogP contribution in [0.25, 0.3) is 0 Å². The lowest BCUT2D eigenvalue weighted by molar-refractivity contribution is -0.164. The lowest BCUT2D eigenvalue weighted by atomic mass is 9.88. The van der Waals surface area contributed by atoms with Crippen LogP contribution in [0.2, 0.25) is 0 Å². The number of cyclic esters (lactones) is 2. The summed E-state index contributed by atoms with van der Waals surface area (Å²) in [5, 5.41) is 19.0. The summed E-state index contributed by atoms with van der Waals surface area (Å²) in [4.78, 5) is 133. The van der Waals surface area contributed by atoms with Crippen LogP contribution in [-0.4, -0.2) is 183 Å². The molecule has 0 radical (unpaired) electrons. The molecule has 1 fully saturated rings. The van der Waals surface area contributed by atoms with Crippen LogP contribution in [0.5, 0.6) is 23.0 Å². The Morgan fingerprint density at radius 1 is 0.667 bits per heavy atom. The first kappa shape index (κ1) is 67.9. The molecule has 1 saturated heterocycles. The number of rotatable bonds is 11. The smallest absolute Gasteiger partial charge is 0.330 e. The molecular weight excluding hydrogens is 1150 g/mol. The number of piperazine rings is 1. The molecule has 0 aliphatic carbocycles. The maximum atomic E-state index is 14.9. The number of amides is 6. The molecule has 6 amide bonds. The number of nitrogens with zero attached hydrogens (tertiary/aromatic N) is 4. The highest BCUT2D eigenvalue weighted by Crippen LogP contribution is 2.32. The Hall–Kier alpha value is -9.57. The fourth-order valence-corrected chi connectivity index (χ4v) is 10.4. The van der Waals surface area contributed by atoms with Crippen molar-refractivity contribution in [1.82, 2.24) is 35.6 Å². The van der Waals surface area contributed by atoms with E-state index in [0.717, 1.165) is 16.0 Å². The largest absolute Gasteiger partial charge is 0.508 e. The molecule has 5 aromatic rings. The van der Waals surface area contributed by atoms with Gasteiger partial charge in [-0.3, -0.25) is 33.6 Å². The Kier molecular flexibility index (Phi) is 24.6. The first-order valence-corrected chi connectivity index (χ1v) is 29.9. The number of nitrogens with one attached hydrogen (secondary N) is 3. The molecule has 0 unspecified atom stereocenters. The van der Waals surface area contributed by atoms with Crippen molar-refractivity contribution in [3.05, 3.63) is 167 Å². The maximum absolute atomic E-state index is 14.9. The SMILES string of the molecule is COc1ccc(CC[C@H]2OC(=O)[C@@H]3CNCCN3C(=O)C(=O)C(C)(C)COC(=O)/C=C/CCCN(C)C(=O)[C@@H](Cc3ccccc3)NC(=O)CN(C)C(=O)[C@@H](Cc3ccccc3)NC(=O)[C@H](Cc3ccc(O)cc3)N(C)C(=O)COc3cccc2c3)cc1OC. The number of aromatic hydroxyl groups is 1. The average Bonchev–Trinajstić information content (AvgIpc) is 1.01. The molecule has 5 atom stereocenters. The van der Waals surface area contributed by atoms with Gasteiger partial charge in [0.2, 0.25) is 29.4 Å². The fraction of sp³-hybridized carbons (Fsp3) is 0.397. The van der Waals surface area contributed by atoms with Crippen molar-refractivity contribution in [3.63, 3.8) is 0 Å². The normalized spacial score (nSPS) is 21.5. The third-order valence-corrected chi connectivity index (χ3v) is 15.7. The zero-order chi connectivity index (χ0) is 64.9. The topological polar surface area (TPSA) is 269 Å². The number of hydrogen-bond donors (Lipinski definition) is 4. The molecule has 22 heteroatoms.